The number of methoxy groups -OCH3 is 1. The van der Waals surface area contributed by atoms with E-state index in [4.69, 9.17) is 10.00 Å². The molecule has 3 heteroatoms. The maximum absolute atomic E-state index is 11.7. The Morgan fingerprint density at radius 2 is 2.18 bits per heavy atom. The Kier molecular flexibility index (Phi) is 4.71. The Labute approximate surface area is 102 Å². The lowest BCUT2D eigenvalue weighted by Gasteiger charge is -2.13. The van der Waals surface area contributed by atoms with Crippen LogP contribution < -0.4 is 4.74 Å². The minimum absolute atomic E-state index is 0.0703. The fourth-order valence-electron chi connectivity index (χ4n) is 1.75. The van der Waals surface area contributed by atoms with Crippen molar-refractivity contribution in [2.75, 3.05) is 7.11 Å². The molecular weight excluding hydrogens is 214 g/mol. The first-order valence-electron chi connectivity index (χ1n) is 5.77. The van der Waals surface area contributed by atoms with Crippen LogP contribution in [0.15, 0.2) is 18.2 Å². The van der Waals surface area contributed by atoms with Crippen molar-refractivity contribution in [2.45, 2.75) is 32.6 Å². The molecule has 0 saturated heterocycles. The second-order valence-corrected chi connectivity index (χ2v) is 3.81. The number of hydrogen-bond acceptors (Lipinski definition) is 3. The number of rotatable bonds is 5. The van der Waals surface area contributed by atoms with E-state index in [-0.39, 0.29) is 5.78 Å². The molecule has 17 heavy (non-hydrogen) atoms. The Morgan fingerprint density at radius 1 is 1.47 bits per heavy atom. The standard InChI is InChI=1S/C14H17NO2/c1-4-10-6-7-14(17-3)11(8-10)12(9-15)13(16)5-2/h6-8,12H,4-5H2,1-3H3. The predicted octanol–water partition coefficient (Wildman–Crippen LogP) is 2.84. The summed E-state index contributed by atoms with van der Waals surface area (Å²) in [5, 5.41) is 9.14. The van der Waals surface area contributed by atoms with Gasteiger partial charge in [-0.25, -0.2) is 0 Å². The van der Waals surface area contributed by atoms with Crippen LogP contribution in [0.4, 0.5) is 0 Å². The molecule has 0 radical (unpaired) electrons. The SMILES string of the molecule is CCC(=O)C(C#N)c1cc(CC)ccc1OC. The van der Waals surface area contributed by atoms with Gasteiger partial charge in [0.05, 0.1) is 13.2 Å². The van der Waals surface area contributed by atoms with Gasteiger partial charge in [-0.1, -0.05) is 26.0 Å². The van der Waals surface area contributed by atoms with E-state index in [1.54, 1.807) is 14.0 Å². The first-order chi connectivity index (χ1) is 8.17. The highest BCUT2D eigenvalue weighted by Gasteiger charge is 2.22. The molecule has 0 amide bonds. The van der Waals surface area contributed by atoms with Crippen molar-refractivity contribution in [3.8, 4) is 11.8 Å². The second-order valence-electron chi connectivity index (χ2n) is 3.81. The first kappa shape index (κ1) is 13.2. The quantitative estimate of drug-likeness (QED) is 0.783. The third-order valence-corrected chi connectivity index (χ3v) is 2.81. The maximum atomic E-state index is 11.7. The van der Waals surface area contributed by atoms with Gasteiger partial charge in [-0.05, 0) is 18.1 Å². The van der Waals surface area contributed by atoms with Crippen LogP contribution in [-0.4, -0.2) is 12.9 Å². The molecule has 0 N–H and O–H groups in total. The number of carbonyl (C=O) groups is 1. The number of nitrogens with zero attached hydrogens (tertiary/aromatic N) is 1. The van der Waals surface area contributed by atoms with Crippen molar-refractivity contribution in [3.05, 3.63) is 29.3 Å². The van der Waals surface area contributed by atoms with Crippen LogP contribution in [0.3, 0.4) is 0 Å². The lowest BCUT2D eigenvalue weighted by Crippen LogP contribution is -2.11. The molecule has 0 aliphatic heterocycles. The van der Waals surface area contributed by atoms with Gasteiger partial charge in [0.1, 0.15) is 11.7 Å². The smallest absolute Gasteiger partial charge is 0.154 e. The molecule has 0 aromatic heterocycles. The summed E-state index contributed by atoms with van der Waals surface area (Å²) in [7, 11) is 1.55. The van der Waals surface area contributed by atoms with E-state index in [0.717, 1.165) is 12.0 Å². The van der Waals surface area contributed by atoms with Crippen molar-refractivity contribution in [1.29, 1.82) is 5.26 Å². The summed E-state index contributed by atoms with van der Waals surface area (Å²) in [6.07, 6.45) is 1.23. The van der Waals surface area contributed by atoms with Gasteiger partial charge >= 0.3 is 0 Å². The molecule has 1 aromatic carbocycles. The lowest BCUT2D eigenvalue weighted by atomic mass is 9.92. The molecular formula is C14H17NO2. The van der Waals surface area contributed by atoms with Gasteiger partial charge in [-0.15, -0.1) is 0 Å². The molecule has 1 rings (SSSR count). The van der Waals surface area contributed by atoms with Gasteiger partial charge in [0.15, 0.2) is 5.78 Å². The van der Waals surface area contributed by atoms with Gasteiger partial charge in [-0.3, -0.25) is 4.79 Å². The molecule has 1 atom stereocenters. The highest BCUT2D eigenvalue weighted by atomic mass is 16.5. The zero-order valence-corrected chi connectivity index (χ0v) is 10.5. The van der Waals surface area contributed by atoms with Gasteiger partial charge in [0.25, 0.3) is 0 Å². The summed E-state index contributed by atoms with van der Waals surface area (Å²) in [6, 6.07) is 7.73. The Balaban J connectivity index is 3.25. The molecule has 0 heterocycles. The van der Waals surface area contributed by atoms with E-state index in [0.29, 0.717) is 17.7 Å². The zero-order valence-electron chi connectivity index (χ0n) is 10.5. The Hall–Kier alpha value is -1.82. The number of ether oxygens (including phenoxy) is 1. The average molecular weight is 231 g/mol. The first-order valence-corrected chi connectivity index (χ1v) is 5.77. The van der Waals surface area contributed by atoms with Gasteiger partial charge in [0.2, 0.25) is 0 Å². The zero-order chi connectivity index (χ0) is 12.8. The molecule has 1 unspecified atom stereocenters. The summed E-state index contributed by atoms with van der Waals surface area (Å²) >= 11 is 0. The largest absolute Gasteiger partial charge is 0.496 e. The minimum Gasteiger partial charge on any atom is -0.496 e. The average Bonchev–Trinajstić information content (AvgIpc) is 2.39. The summed E-state index contributed by atoms with van der Waals surface area (Å²) in [5.41, 5.74) is 1.78. The number of carbonyl (C=O) groups excluding carboxylic acids is 1. The summed E-state index contributed by atoms with van der Waals surface area (Å²) in [6.45, 7) is 3.80. The number of hydrogen-bond donors (Lipinski definition) is 0. The van der Waals surface area contributed by atoms with Crippen LogP contribution in [-0.2, 0) is 11.2 Å². The van der Waals surface area contributed by atoms with Crippen LogP contribution >= 0.6 is 0 Å². The predicted molar refractivity (Wildman–Crippen MR) is 66.0 cm³/mol. The molecule has 0 spiro atoms. The van der Waals surface area contributed by atoms with E-state index in [9.17, 15) is 4.79 Å². The number of nitriles is 1. The van der Waals surface area contributed by atoms with Crippen molar-refractivity contribution >= 4 is 5.78 Å². The van der Waals surface area contributed by atoms with Crippen molar-refractivity contribution in [3.63, 3.8) is 0 Å². The fourth-order valence-corrected chi connectivity index (χ4v) is 1.75. The van der Waals surface area contributed by atoms with Crippen LogP contribution in [0.1, 0.15) is 37.3 Å². The molecule has 90 valence electrons. The molecule has 1 aromatic rings. The molecule has 3 nitrogen and oxygen atoms in total. The van der Waals surface area contributed by atoms with Gasteiger partial charge in [-0.2, -0.15) is 5.26 Å². The van der Waals surface area contributed by atoms with Crippen LogP contribution in [0.2, 0.25) is 0 Å². The van der Waals surface area contributed by atoms with Gasteiger partial charge in [0, 0.05) is 12.0 Å². The topological polar surface area (TPSA) is 50.1 Å². The third kappa shape index (κ3) is 2.85. The Morgan fingerprint density at radius 3 is 2.65 bits per heavy atom. The highest BCUT2D eigenvalue weighted by Crippen LogP contribution is 2.29. The van der Waals surface area contributed by atoms with E-state index in [1.165, 1.54) is 0 Å². The van der Waals surface area contributed by atoms with E-state index >= 15 is 0 Å². The normalized spacial score (nSPS) is 11.6. The number of benzene rings is 1. The van der Waals surface area contributed by atoms with Crippen molar-refractivity contribution in [1.82, 2.24) is 0 Å². The number of aryl methyl sites for hydroxylation is 1. The Bertz CT molecular complexity index is 446. The van der Waals surface area contributed by atoms with Crippen molar-refractivity contribution in [2.24, 2.45) is 0 Å². The highest BCUT2D eigenvalue weighted by molar-refractivity contribution is 5.88. The van der Waals surface area contributed by atoms with E-state index in [1.807, 2.05) is 25.1 Å². The number of Topliss-reactive ketones (excluding diaryl/α,β-unsaturated/α-hetero) is 1. The monoisotopic (exact) mass is 231 g/mol. The maximum Gasteiger partial charge on any atom is 0.154 e. The number of ketones is 1. The molecule has 0 aliphatic carbocycles. The van der Waals surface area contributed by atoms with Crippen LogP contribution in [0.25, 0.3) is 0 Å². The minimum atomic E-state index is -0.721. The van der Waals surface area contributed by atoms with E-state index < -0.39 is 5.92 Å². The molecule has 0 aliphatic rings. The van der Waals surface area contributed by atoms with E-state index in [2.05, 4.69) is 6.07 Å². The fraction of sp³-hybridized carbons (Fsp3) is 0.429. The lowest BCUT2D eigenvalue weighted by molar-refractivity contribution is -0.119. The summed E-state index contributed by atoms with van der Waals surface area (Å²) in [5.74, 6) is -0.184. The molecule has 0 fully saturated rings. The van der Waals surface area contributed by atoms with Crippen LogP contribution in [0, 0.1) is 11.3 Å². The second kappa shape index (κ2) is 6.05. The third-order valence-electron chi connectivity index (χ3n) is 2.81. The van der Waals surface area contributed by atoms with Crippen molar-refractivity contribution < 1.29 is 9.53 Å². The molecule has 0 saturated carbocycles. The summed E-state index contributed by atoms with van der Waals surface area (Å²) in [4.78, 5) is 11.7. The van der Waals surface area contributed by atoms with Gasteiger partial charge < -0.3 is 4.74 Å². The van der Waals surface area contributed by atoms with Crippen LogP contribution in [0.5, 0.6) is 5.75 Å². The summed E-state index contributed by atoms with van der Waals surface area (Å²) < 4.78 is 5.22. The molecule has 0 bridgehead atoms.